The summed E-state index contributed by atoms with van der Waals surface area (Å²) >= 11 is 1.70. The number of aliphatic carboxylic acids is 1. The molecule has 2 atom stereocenters. The van der Waals surface area contributed by atoms with E-state index in [-0.39, 0.29) is 24.0 Å². The van der Waals surface area contributed by atoms with Gasteiger partial charge >= 0.3 is 12.1 Å². The first-order valence-corrected chi connectivity index (χ1v) is 10.7. The maximum atomic E-state index is 11.8. The molecule has 0 aromatic carbocycles. The van der Waals surface area contributed by atoms with Crippen molar-refractivity contribution in [3.05, 3.63) is 16.6 Å². The number of likely N-dealkylation sites (tertiary alicyclic amines) is 1. The van der Waals surface area contributed by atoms with Crippen molar-refractivity contribution in [3.8, 4) is 0 Å². The highest BCUT2D eigenvalue weighted by Crippen LogP contribution is 2.40. The maximum absolute atomic E-state index is 11.8. The zero-order valence-electron chi connectivity index (χ0n) is 17.6. The molecule has 0 bridgehead atoms. The molecule has 0 saturated carbocycles. The van der Waals surface area contributed by atoms with Gasteiger partial charge in [0, 0.05) is 50.8 Å². The van der Waals surface area contributed by atoms with Gasteiger partial charge in [-0.15, -0.1) is 11.3 Å². The van der Waals surface area contributed by atoms with Crippen molar-refractivity contribution < 1.29 is 37.3 Å². The number of carbonyl (C=O) groups excluding carboxylic acids is 1. The van der Waals surface area contributed by atoms with E-state index in [4.69, 9.17) is 19.4 Å². The summed E-state index contributed by atoms with van der Waals surface area (Å²) in [5.74, 6) is -2.75. The quantitative estimate of drug-likeness (QED) is 0.686. The van der Waals surface area contributed by atoms with Gasteiger partial charge in [-0.3, -0.25) is 9.69 Å². The molecule has 1 aromatic heterocycles. The third kappa shape index (κ3) is 7.70. The van der Waals surface area contributed by atoms with Gasteiger partial charge in [-0.05, 0) is 19.3 Å². The summed E-state index contributed by atoms with van der Waals surface area (Å²) in [6.07, 6.45) is 0.209. The predicted octanol–water partition coefficient (Wildman–Crippen LogP) is 2.25. The molecule has 1 N–H and O–H groups in total. The molecule has 3 rings (SSSR count). The number of hydrogen-bond acceptors (Lipinski definition) is 7. The summed E-state index contributed by atoms with van der Waals surface area (Å²) in [7, 11) is 3.51. The smallest absolute Gasteiger partial charge is 0.475 e. The Balaban J connectivity index is 0.000000423. The number of alkyl halides is 3. The average Bonchev–Trinajstić information content (AvgIpc) is 3.20. The zero-order valence-corrected chi connectivity index (χ0v) is 18.4. The molecule has 2 fully saturated rings. The minimum absolute atomic E-state index is 0.000350. The number of rotatable bonds is 6. The van der Waals surface area contributed by atoms with Gasteiger partial charge in [0.1, 0.15) is 11.6 Å². The summed E-state index contributed by atoms with van der Waals surface area (Å²) < 4.78 is 43.6. The van der Waals surface area contributed by atoms with Crippen LogP contribution in [0.5, 0.6) is 0 Å². The molecule has 8 nitrogen and oxygen atoms in total. The second-order valence-electron chi connectivity index (χ2n) is 7.83. The van der Waals surface area contributed by atoms with Crippen LogP contribution in [0.4, 0.5) is 13.2 Å². The number of nitrogens with zero attached hydrogens (tertiary/aromatic N) is 3. The largest absolute Gasteiger partial charge is 0.490 e. The lowest BCUT2D eigenvalue weighted by Gasteiger charge is -2.50. The normalized spacial score (nSPS) is 24.0. The number of likely N-dealkylation sites (N-methyl/N-ethyl adjacent to an activating group) is 1. The van der Waals surface area contributed by atoms with Gasteiger partial charge in [-0.1, -0.05) is 0 Å². The topological polar surface area (TPSA) is 92.2 Å². The molecule has 31 heavy (non-hydrogen) atoms. The van der Waals surface area contributed by atoms with Gasteiger partial charge < -0.3 is 19.5 Å². The molecule has 1 amide bonds. The van der Waals surface area contributed by atoms with Crippen LogP contribution in [0.25, 0.3) is 0 Å². The molecular weight excluding hydrogens is 439 g/mol. The number of piperidine rings is 1. The van der Waals surface area contributed by atoms with E-state index in [0.717, 1.165) is 50.5 Å². The van der Waals surface area contributed by atoms with Gasteiger partial charge in [0.05, 0.1) is 19.3 Å². The van der Waals surface area contributed by atoms with Crippen molar-refractivity contribution in [2.24, 2.45) is 5.41 Å². The van der Waals surface area contributed by atoms with Gasteiger partial charge in [-0.2, -0.15) is 13.2 Å². The summed E-state index contributed by atoms with van der Waals surface area (Å²) in [6, 6.07) is 0. The van der Waals surface area contributed by atoms with Gasteiger partial charge in [-0.25, -0.2) is 9.78 Å². The minimum Gasteiger partial charge on any atom is -0.475 e. The highest BCUT2D eigenvalue weighted by Gasteiger charge is 2.46. The van der Waals surface area contributed by atoms with Crippen molar-refractivity contribution in [2.45, 2.75) is 38.1 Å². The van der Waals surface area contributed by atoms with Crippen molar-refractivity contribution in [2.75, 3.05) is 47.0 Å². The number of halogens is 3. The SMILES string of the molecule is CN(C)C(=O)COCC12CCCOC1CCN(Cc1nccs1)C2.O=C(O)C(F)(F)F. The van der Waals surface area contributed by atoms with Crippen LogP contribution >= 0.6 is 11.3 Å². The van der Waals surface area contributed by atoms with Crippen LogP contribution in [-0.4, -0.2) is 91.1 Å². The fourth-order valence-corrected chi connectivity index (χ4v) is 4.38. The Labute approximate surface area is 182 Å². The highest BCUT2D eigenvalue weighted by molar-refractivity contribution is 7.09. The van der Waals surface area contributed by atoms with Crippen LogP contribution in [0.3, 0.4) is 0 Å². The van der Waals surface area contributed by atoms with Crippen LogP contribution in [0.1, 0.15) is 24.3 Å². The summed E-state index contributed by atoms with van der Waals surface area (Å²) in [6.45, 7) is 4.45. The number of amides is 1. The Hall–Kier alpha value is -1.76. The van der Waals surface area contributed by atoms with Crippen LogP contribution < -0.4 is 0 Å². The highest BCUT2D eigenvalue weighted by atomic mass is 32.1. The van der Waals surface area contributed by atoms with E-state index in [1.54, 1.807) is 30.3 Å². The molecule has 176 valence electrons. The molecule has 2 unspecified atom stereocenters. The molecule has 0 radical (unpaired) electrons. The Morgan fingerprint density at radius 1 is 1.45 bits per heavy atom. The number of carboxylic acids is 1. The fourth-order valence-electron chi connectivity index (χ4n) is 3.72. The van der Waals surface area contributed by atoms with Gasteiger partial charge in [0.25, 0.3) is 0 Å². The number of carbonyl (C=O) groups is 2. The number of hydrogen-bond donors (Lipinski definition) is 1. The monoisotopic (exact) mass is 467 g/mol. The second-order valence-corrected chi connectivity index (χ2v) is 8.81. The number of fused-ring (bicyclic) bond motifs is 1. The number of ether oxygens (including phenoxy) is 2. The average molecular weight is 468 g/mol. The maximum Gasteiger partial charge on any atom is 0.490 e. The summed E-state index contributed by atoms with van der Waals surface area (Å²) in [4.78, 5) is 29.1. The van der Waals surface area contributed by atoms with Gasteiger partial charge in [0.15, 0.2) is 0 Å². The van der Waals surface area contributed by atoms with E-state index in [0.29, 0.717) is 6.61 Å². The number of thiazole rings is 1. The van der Waals surface area contributed by atoms with Crippen molar-refractivity contribution in [1.82, 2.24) is 14.8 Å². The Morgan fingerprint density at radius 3 is 2.74 bits per heavy atom. The molecule has 0 spiro atoms. The molecule has 2 saturated heterocycles. The Kier molecular flexibility index (Phi) is 9.22. The van der Waals surface area contributed by atoms with E-state index in [9.17, 15) is 18.0 Å². The third-order valence-corrected chi connectivity index (χ3v) is 6.03. The first kappa shape index (κ1) is 25.5. The summed E-state index contributed by atoms with van der Waals surface area (Å²) in [5, 5.41) is 10.3. The number of aromatic nitrogens is 1. The van der Waals surface area contributed by atoms with Crippen LogP contribution in [-0.2, 0) is 25.6 Å². The van der Waals surface area contributed by atoms with Crippen LogP contribution in [0, 0.1) is 5.41 Å². The first-order valence-electron chi connectivity index (χ1n) is 9.84. The second kappa shape index (κ2) is 11.2. The van der Waals surface area contributed by atoms with E-state index >= 15 is 0 Å². The lowest BCUT2D eigenvalue weighted by molar-refractivity contribution is -0.192. The van der Waals surface area contributed by atoms with E-state index in [2.05, 4.69) is 9.88 Å². The zero-order chi connectivity index (χ0) is 23.1. The van der Waals surface area contributed by atoms with Crippen molar-refractivity contribution >= 4 is 23.2 Å². The Morgan fingerprint density at radius 2 is 2.16 bits per heavy atom. The molecule has 2 aliphatic heterocycles. The van der Waals surface area contributed by atoms with Crippen molar-refractivity contribution in [1.29, 1.82) is 0 Å². The lowest BCUT2D eigenvalue weighted by Crippen LogP contribution is -2.56. The number of carboxylic acid groups (broad SMARTS) is 1. The van der Waals surface area contributed by atoms with E-state index in [1.165, 1.54) is 0 Å². The van der Waals surface area contributed by atoms with Crippen molar-refractivity contribution in [3.63, 3.8) is 0 Å². The fraction of sp³-hybridized carbons (Fsp3) is 0.737. The molecule has 0 aliphatic carbocycles. The van der Waals surface area contributed by atoms with E-state index < -0.39 is 12.1 Å². The van der Waals surface area contributed by atoms with Gasteiger partial charge in [0.2, 0.25) is 5.91 Å². The molecular formula is C19H28F3N3O5S. The minimum atomic E-state index is -5.08. The van der Waals surface area contributed by atoms with Crippen LogP contribution in [0.15, 0.2) is 11.6 Å². The summed E-state index contributed by atoms with van der Waals surface area (Å²) in [5.41, 5.74) is 0.000350. The first-order chi connectivity index (χ1) is 14.5. The van der Waals surface area contributed by atoms with E-state index in [1.807, 2.05) is 11.6 Å². The molecule has 12 heteroatoms. The molecule has 1 aromatic rings. The third-order valence-electron chi connectivity index (χ3n) is 5.27. The molecule has 2 aliphatic rings. The molecule has 3 heterocycles. The lowest BCUT2D eigenvalue weighted by atomic mass is 9.73. The van der Waals surface area contributed by atoms with Crippen LogP contribution in [0.2, 0.25) is 0 Å². The standard InChI is InChI=1S/C17H27N3O3S.C2HF3O2/c1-19(2)16(21)11-22-13-17-5-3-8-23-14(17)4-7-20(12-17)10-15-18-6-9-24-15;3-2(4,5)1(6)7/h6,9,14H,3-5,7-8,10-13H2,1-2H3;(H,6,7). The Bertz CT molecular complexity index is 717. The predicted molar refractivity (Wildman–Crippen MR) is 107 cm³/mol.